The second-order valence-corrected chi connectivity index (χ2v) is 9.67. The first-order chi connectivity index (χ1) is 13.3. The Labute approximate surface area is 166 Å². The number of amides is 2. The summed E-state index contributed by atoms with van der Waals surface area (Å²) >= 11 is 0. The van der Waals surface area contributed by atoms with Gasteiger partial charge in [0.2, 0.25) is 0 Å². The molecule has 2 aromatic rings. The summed E-state index contributed by atoms with van der Waals surface area (Å²) in [6, 6.07) is 16.4. The number of nitrogens with two attached hydrogens (primary N) is 1. The van der Waals surface area contributed by atoms with Crippen LogP contribution in [0, 0.1) is 0 Å². The molecule has 0 saturated carbocycles. The van der Waals surface area contributed by atoms with Crippen LogP contribution in [0.5, 0.6) is 0 Å². The van der Waals surface area contributed by atoms with Gasteiger partial charge >= 0.3 is 6.03 Å². The van der Waals surface area contributed by atoms with Gasteiger partial charge in [0.25, 0.3) is 0 Å². The van der Waals surface area contributed by atoms with Crippen molar-refractivity contribution < 1.29 is 13.2 Å². The Morgan fingerprint density at radius 3 is 2.46 bits per heavy atom. The first-order valence-electron chi connectivity index (χ1n) is 9.37. The molecular weight excluding hydrogens is 374 g/mol. The molecular formula is C21H27N3O3S. The van der Waals surface area contributed by atoms with Crippen molar-refractivity contribution >= 4 is 15.9 Å². The summed E-state index contributed by atoms with van der Waals surface area (Å²) in [5.41, 5.74) is 7.51. The highest BCUT2D eigenvalue weighted by atomic mass is 32.2. The van der Waals surface area contributed by atoms with Gasteiger partial charge in [-0.1, -0.05) is 42.5 Å². The number of rotatable bonds is 4. The molecule has 0 radical (unpaired) electrons. The molecule has 0 aromatic heterocycles. The highest BCUT2D eigenvalue weighted by Gasteiger charge is 2.38. The molecule has 28 heavy (non-hydrogen) atoms. The maximum atomic E-state index is 13.4. The van der Waals surface area contributed by atoms with E-state index in [4.69, 9.17) is 5.73 Å². The van der Waals surface area contributed by atoms with Gasteiger partial charge in [-0.15, -0.1) is 0 Å². The largest absolute Gasteiger partial charge is 0.331 e. The van der Waals surface area contributed by atoms with Crippen LogP contribution in [0.15, 0.2) is 59.5 Å². The first kappa shape index (κ1) is 20.4. The van der Waals surface area contributed by atoms with Crippen molar-refractivity contribution in [3.05, 3.63) is 65.7 Å². The maximum absolute atomic E-state index is 13.4. The van der Waals surface area contributed by atoms with Crippen LogP contribution in [-0.2, 0) is 16.4 Å². The number of hydrogen-bond acceptors (Lipinski definition) is 4. The Morgan fingerprint density at radius 2 is 1.82 bits per heavy atom. The predicted molar refractivity (Wildman–Crippen MR) is 110 cm³/mol. The van der Waals surface area contributed by atoms with E-state index in [0.29, 0.717) is 13.0 Å². The second-order valence-electron chi connectivity index (χ2n) is 7.44. The van der Waals surface area contributed by atoms with Crippen LogP contribution in [0.2, 0.25) is 0 Å². The zero-order valence-corrected chi connectivity index (χ0v) is 17.1. The zero-order valence-electron chi connectivity index (χ0n) is 16.3. The van der Waals surface area contributed by atoms with E-state index in [1.54, 1.807) is 37.2 Å². The fourth-order valence-electron chi connectivity index (χ4n) is 3.73. The summed E-state index contributed by atoms with van der Waals surface area (Å²) < 4.78 is 26.8. The minimum absolute atomic E-state index is 0.0312. The number of hydrogen-bond donors (Lipinski definition) is 1. The van der Waals surface area contributed by atoms with Crippen LogP contribution >= 0.6 is 0 Å². The van der Waals surface area contributed by atoms with E-state index >= 15 is 0 Å². The lowest BCUT2D eigenvalue weighted by molar-refractivity contribution is 0.155. The van der Waals surface area contributed by atoms with E-state index in [0.717, 1.165) is 11.1 Å². The molecule has 1 aliphatic rings. The fraction of sp³-hybridized carbons (Fsp3) is 0.381. The van der Waals surface area contributed by atoms with Crippen molar-refractivity contribution in [3.63, 3.8) is 0 Å². The van der Waals surface area contributed by atoms with E-state index in [2.05, 4.69) is 0 Å². The number of urea groups is 1. The third-order valence-electron chi connectivity index (χ3n) is 5.24. The molecule has 7 heteroatoms. The third kappa shape index (κ3) is 4.20. The monoisotopic (exact) mass is 401 g/mol. The molecule has 150 valence electrons. The SMILES string of the molecule is CN(C)C(=O)N1C[C@@H](c2ccccc2)C[C@H](S(=O)(=O)c2cccc(CN)c2)C1. The summed E-state index contributed by atoms with van der Waals surface area (Å²) in [4.78, 5) is 16.0. The van der Waals surface area contributed by atoms with Gasteiger partial charge in [0.1, 0.15) is 0 Å². The fourth-order valence-corrected chi connectivity index (χ4v) is 5.56. The molecule has 1 saturated heterocycles. The smallest absolute Gasteiger partial charge is 0.319 e. The summed E-state index contributed by atoms with van der Waals surface area (Å²) in [6.45, 7) is 0.983. The molecule has 0 unspecified atom stereocenters. The standard InChI is InChI=1S/C21H27N3O3S/c1-23(2)21(25)24-14-18(17-8-4-3-5-9-17)12-20(15-24)28(26,27)19-10-6-7-16(11-19)13-22/h3-11,18,20H,12-15,22H2,1-2H3/t18-,20-/m0/s1. The van der Waals surface area contributed by atoms with Gasteiger partial charge in [0.05, 0.1) is 10.1 Å². The van der Waals surface area contributed by atoms with Gasteiger partial charge in [-0.2, -0.15) is 0 Å². The number of benzene rings is 2. The van der Waals surface area contributed by atoms with Gasteiger partial charge < -0.3 is 15.5 Å². The van der Waals surface area contributed by atoms with E-state index in [1.807, 2.05) is 36.4 Å². The van der Waals surface area contributed by atoms with Crippen molar-refractivity contribution in [2.24, 2.45) is 5.73 Å². The predicted octanol–water partition coefficient (Wildman–Crippen LogP) is 2.46. The first-order valence-corrected chi connectivity index (χ1v) is 10.9. The lowest BCUT2D eigenvalue weighted by Gasteiger charge is -2.38. The molecule has 1 heterocycles. The molecule has 0 aliphatic carbocycles. The summed E-state index contributed by atoms with van der Waals surface area (Å²) in [5.74, 6) is -0.0312. The number of carbonyl (C=O) groups excluding carboxylic acids is 1. The Kier molecular flexibility index (Phi) is 6.05. The Morgan fingerprint density at radius 1 is 1.11 bits per heavy atom. The number of piperidine rings is 1. The normalized spacial score (nSPS) is 20.0. The summed E-state index contributed by atoms with van der Waals surface area (Å²) in [5, 5.41) is -0.664. The van der Waals surface area contributed by atoms with Crippen LogP contribution in [-0.4, -0.2) is 56.7 Å². The van der Waals surface area contributed by atoms with Gasteiger partial charge in [0, 0.05) is 39.6 Å². The van der Waals surface area contributed by atoms with Crippen LogP contribution in [0.4, 0.5) is 4.79 Å². The van der Waals surface area contributed by atoms with Crippen LogP contribution < -0.4 is 5.73 Å². The van der Waals surface area contributed by atoms with E-state index < -0.39 is 15.1 Å². The molecule has 0 spiro atoms. The third-order valence-corrected chi connectivity index (χ3v) is 7.37. The number of sulfone groups is 1. The molecule has 6 nitrogen and oxygen atoms in total. The summed E-state index contributed by atoms with van der Waals surface area (Å²) in [7, 11) is -0.229. The molecule has 3 rings (SSSR count). The minimum Gasteiger partial charge on any atom is -0.331 e. The van der Waals surface area contributed by atoms with Gasteiger partial charge in [-0.05, 0) is 29.7 Å². The molecule has 1 aliphatic heterocycles. The van der Waals surface area contributed by atoms with Crippen LogP contribution in [0.25, 0.3) is 0 Å². The highest BCUT2D eigenvalue weighted by Crippen LogP contribution is 2.33. The van der Waals surface area contributed by atoms with Crippen LogP contribution in [0.1, 0.15) is 23.5 Å². The average Bonchev–Trinajstić information content (AvgIpc) is 2.73. The number of nitrogens with zero attached hydrogens (tertiary/aromatic N) is 2. The van der Waals surface area contributed by atoms with Gasteiger partial charge in [-0.25, -0.2) is 13.2 Å². The zero-order chi connectivity index (χ0) is 20.3. The molecule has 0 bridgehead atoms. The Bertz CT molecular complexity index is 929. The average molecular weight is 402 g/mol. The molecule has 2 atom stereocenters. The van der Waals surface area contributed by atoms with Crippen LogP contribution in [0.3, 0.4) is 0 Å². The van der Waals surface area contributed by atoms with Crippen molar-refractivity contribution in [2.75, 3.05) is 27.2 Å². The minimum atomic E-state index is -3.60. The van der Waals surface area contributed by atoms with Gasteiger partial charge in [-0.3, -0.25) is 0 Å². The highest BCUT2D eigenvalue weighted by molar-refractivity contribution is 7.92. The second kappa shape index (κ2) is 8.32. The maximum Gasteiger partial charge on any atom is 0.319 e. The molecule has 1 fully saturated rings. The molecule has 2 N–H and O–H groups in total. The lowest BCUT2D eigenvalue weighted by Crippen LogP contribution is -2.51. The number of carbonyl (C=O) groups is 1. The quantitative estimate of drug-likeness (QED) is 0.853. The van der Waals surface area contributed by atoms with Crippen molar-refractivity contribution in [2.45, 2.75) is 29.0 Å². The van der Waals surface area contributed by atoms with Gasteiger partial charge in [0.15, 0.2) is 9.84 Å². The Hall–Kier alpha value is -2.38. The lowest BCUT2D eigenvalue weighted by atomic mass is 9.90. The number of likely N-dealkylation sites (tertiary alicyclic amines) is 1. The molecule has 2 amide bonds. The van der Waals surface area contributed by atoms with Crippen molar-refractivity contribution in [3.8, 4) is 0 Å². The molecule has 2 aromatic carbocycles. The van der Waals surface area contributed by atoms with E-state index in [9.17, 15) is 13.2 Å². The van der Waals surface area contributed by atoms with Crippen molar-refractivity contribution in [1.82, 2.24) is 9.80 Å². The van der Waals surface area contributed by atoms with E-state index in [-0.39, 0.29) is 29.9 Å². The van der Waals surface area contributed by atoms with Crippen molar-refractivity contribution in [1.29, 1.82) is 0 Å². The Balaban J connectivity index is 1.96. The van der Waals surface area contributed by atoms with E-state index in [1.165, 1.54) is 4.90 Å². The summed E-state index contributed by atoms with van der Waals surface area (Å²) in [6.07, 6.45) is 0.483. The topological polar surface area (TPSA) is 83.7 Å².